The maximum atomic E-state index is 12.3. The summed E-state index contributed by atoms with van der Waals surface area (Å²) in [7, 11) is 2.29. The number of esters is 2. The summed E-state index contributed by atoms with van der Waals surface area (Å²) in [6.07, 6.45) is 5.76. The van der Waals surface area contributed by atoms with Crippen LogP contribution in [0.2, 0.25) is 0 Å². The van der Waals surface area contributed by atoms with Crippen LogP contribution in [0.1, 0.15) is 10.4 Å². The highest BCUT2D eigenvalue weighted by atomic mass is 16.5. The van der Waals surface area contributed by atoms with Crippen LogP contribution in [0.25, 0.3) is 0 Å². The first-order chi connectivity index (χ1) is 11.9. The number of carboxylic acids is 1. The lowest BCUT2D eigenvalue weighted by Gasteiger charge is -2.24. The summed E-state index contributed by atoms with van der Waals surface area (Å²) in [5, 5.41) is 18.9. The smallest absolute Gasteiger partial charge is 0.355 e. The lowest BCUT2D eigenvalue weighted by atomic mass is 10.1. The predicted molar refractivity (Wildman–Crippen MR) is 86.9 cm³/mol. The van der Waals surface area contributed by atoms with Gasteiger partial charge in [-0.25, -0.2) is 14.4 Å². The van der Waals surface area contributed by atoms with Crippen molar-refractivity contribution < 1.29 is 34.1 Å². The van der Waals surface area contributed by atoms with Gasteiger partial charge in [-0.3, -0.25) is 0 Å². The van der Waals surface area contributed by atoms with E-state index in [2.05, 4.69) is 4.74 Å². The normalized spacial score (nSPS) is 13.4. The van der Waals surface area contributed by atoms with Gasteiger partial charge in [-0.05, 0) is 30.4 Å². The molecule has 0 amide bonds. The Bertz CT molecular complexity index is 820. The number of carbonyl (C=O) groups excluding carboxylic acids is 2. The Morgan fingerprint density at radius 1 is 1.04 bits per heavy atom. The Kier molecular flexibility index (Phi) is 5.23. The number of anilines is 1. The SMILES string of the molecule is COC(=O)C1=C(C(=O)OC)N(c2ccc(O)cc2C(=O)O)C=CC=C1. The molecule has 25 heavy (non-hydrogen) atoms. The van der Waals surface area contributed by atoms with E-state index in [4.69, 9.17) is 4.74 Å². The molecular formula is C17H15NO7. The monoisotopic (exact) mass is 345 g/mol. The molecule has 0 radical (unpaired) electrons. The number of rotatable bonds is 4. The van der Waals surface area contributed by atoms with Gasteiger partial charge in [0, 0.05) is 6.20 Å². The molecule has 1 aromatic rings. The molecule has 1 aliphatic rings. The predicted octanol–water partition coefficient (Wildman–Crippen LogP) is 1.58. The molecule has 0 saturated heterocycles. The van der Waals surface area contributed by atoms with Crippen LogP contribution < -0.4 is 4.90 Å². The lowest BCUT2D eigenvalue weighted by molar-refractivity contribution is -0.139. The Morgan fingerprint density at radius 3 is 2.32 bits per heavy atom. The van der Waals surface area contributed by atoms with E-state index in [1.54, 1.807) is 0 Å². The number of nitrogens with zero attached hydrogens (tertiary/aromatic N) is 1. The number of hydrogen-bond donors (Lipinski definition) is 2. The second-order valence-electron chi connectivity index (χ2n) is 4.82. The zero-order valence-corrected chi connectivity index (χ0v) is 13.4. The van der Waals surface area contributed by atoms with Crippen LogP contribution in [0.5, 0.6) is 5.75 Å². The number of carboxylic acid groups (broad SMARTS) is 1. The third-order valence-corrected chi connectivity index (χ3v) is 3.36. The van der Waals surface area contributed by atoms with Gasteiger partial charge in [0.15, 0.2) is 0 Å². The molecule has 8 heteroatoms. The molecule has 1 heterocycles. The Balaban J connectivity index is 2.76. The minimum atomic E-state index is -1.32. The van der Waals surface area contributed by atoms with Crippen LogP contribution in [0, 0.1) is 0 Å². The number of aromatic hydroxyl groups is 1. The van der Waals surface area contributed by atoms with Crippen LogP contribution in [-0.4, -0.2) is 42.3 Å². The summed E-state index contributed by atoms with van der Waals surface area (Å²) >= 11 is 0. The fraction of sp³-hybridized carbons (Fsp3) is 0.118. The van der Waals surface area contributed by atoms with E-state index in [0.29, 0.717) is 0 Å². The van der Waals surface area contributed by atoms with Crippen molar-refractivity contribution in [1.82, 2.24) is 0 Å². The van der Waals surface area contributed by atoms with Crippen LogP contribution in [-0.2, 0) is 19.1 Å². The number of ether oxygens (including phenoxy) is 2. The van der Waals surface area contributed by atoms with Gasteiger partial charge in [0.25, 0.3) is 0 Å². The third kappa shape index (κ3) is 3.52. The van der Waals surface area contributed by atoms with Crippen molar-refractivity contribution in [2.24, 2.45) is 0 Å². The number of allylic oxidation sites excluding steroid dienone is 2. The largest absolute Gasteiger partial charge is 0.508 e. The van der Waals surface area contributed by atoms with Crippen molar-refractivity contribution in [3.05, 3.63) is 59.5 Å². The average Bonchev–Trinajstić information content (AvgIpc) is 2.83. The summed E-state index contributed by atoms with van der Waals surface area (Å²) in [5.74, 6) is -3.22. The number of phenolic OH excluding ortho intramolecular Hbond substituents is 1. The van der Waals surface area contributed by atoms with E-state index in [0.717, 1.165) is 20.3 Å². The van der Waals surface area contributed by atoms with Gasteiger partial charge >= 0.3 is 17.9 Å². The zero-order chi connectivity index (χ0) is 18.6. The van der Waals surface area contributed by atoms with Crippen molar-refractivity contribution in [2.75, 3.05) is 19.1 Å². The molecular weight excluding hydrogens is 330 g/mol. The molecule has 1 aliphatic heterocycles. The molecule has 0 aliphatic carbocycles. The molecule has 0 bridgehead atoms. The number of benzene rings is 1. The van der Waals surface area contributed by atoms with Gasteiger partial charge in [0.2, 0.25) is 0 Å². The first-order valence-corrected chi connectivity index (χ1v) is 7.02. The van der Waals surface area contributed by atoms with Gasteiger partial charge in [-0.1, -0.05) is 6.08 Å². The van der Waals surface area contributed by atoms with E-state index in [1.807, 2.05) is 0 Å². The second-order valence-corrected chi connectivity index (χ2v) is 4.82. The molecule has 8 nitrogen and oxygen atoms in total. The molecule has 2 rings (SSSR count). The molecule has 0 aromatic heterocycles. The van der Waals surface area contributed by atoms with Crippen LogP contribution >= 0.6 is 0 Å². The van der Waals surface area contributed by atoms with Crippen molar-refractivity contribution in [3.8, 4) is 5.75 Å². The number of phenols is 1. The number of hydrogen-bond acceptors (Lipinski definition) is 7. The van der Waals surface area contributed by atoms with Crippen LogP contribution in [0.3, 0.4) is 0 Å². The molecule has 0 spiro atoms. The van der Waals surface area contributed by atoms with E-state index >= 15 is 0 Å². The Hall–Kier alpha value is -3.55. The first-order valence-electron chi connectivity index (χ1n) is 7.02. The minimum absolute atomic E-state index is 0.0621. The Morgan fingerprint density at radius 2 is 1.72 bits per heavy atom. The summed E-state index contributed by atoms with van der Waals surface area (Å²) in [6.45, 7) is 0. The maximum absolute atomic E-state index is 12.3. The lowest BCUT2D eigenvalue weighted by Crippen LogP contribution is -2.28. The highest BCUT2D eigenvalue weighted by Gasteiger charge is 2.29. The summed E-state index contributed by atoms with van der Waals surface area (Å²) in [6, 6.07) is 3.61. The molecule has 0 saturated carbocycles. The van der Waals surface area contributed by atoms with E-state index in [-0.39, 0.29) is 28.3 Å². The fourth-order valence-electron chi connectivity index (χ4n) is 2.26. The van der Waals surface area contributed by atoms with Crippen molar-refractivity contribution in [1.29, 1.82) is 0 Å². The highest BCUT2D eigenvalue weighted by molar-refractivity contribution is 6.07. The third-order valence-electron chi connectivity index (χ3n) is 3.36. The average molecular weight is 345 g/mol. The topological polar surface area (TPSA) is 113 Å². The summed E-state index contributed by atoms with van der Waals surface area (Å²) in [5.41, 5.74) is -0.527. The molecule has 0 fully saturated rings. The van der Waals surface area contributed by atoms with Gasteiger partial charge in [-0.2, -0.15) is 0 Å². The molecule has 0 atom stereocenters. The molecule has 2 N–H and O–H groups in total. The number of methoxy groups -OCH3 is 2. The summed E-state index contributed by atoms with van der Waals surface area (Å²) in [4.78, 5) is 37.1. The molecule has 0 unspecified atom stereocenters. The minimum Gasteiger partial charge on any atom is -0.508 e. The van der Waals surface area contributed by atoms with Gasteiger partial charge in [-0.15, -0.1) is 0 Å². The van der Waals surface area contributed by atoms with Gasteiger partial charge < -0.3 is 24.6 Å². The number of aromatic carboxylic acids is 1. The van der Waals surface area contributed by atoms with E-state index in [9.17, 15) is 24.6 Å². The number of carbonyl (C=O) groups is 3. The zero-order valence-electron chi connectivity index (χ0n) is 13.4. The van der Waals surface area contributed by atoms with Crippen LogP contribution in [0.15, 0.2) is 53.9 Å². The fourth-order valence-corrected chi connectivity index (χ4v) is 2.26. The summed E-state index contributed by atoms with van der Waals surface area (Å²) < 4.78 is 9.42. The highest BCUT2D eigenvalue weighted by Crippen LogP contribution is 2.31. The van der Waals surface area contributed by atoms with E-state index < -0.39 is 17.9 Å². The standard InChI is InChI=1S/C17H15NO7/c1-24-16(22)11-5-3-4-8-18(14(11)17(23)25-2)13-7-6-10(19)9-12(13)15(20)21/h3-9,19H,1-2H3,(H,20,21). The molecule has 1 aromatic carbocycles. The van der Waals surface area contributed by atoms with Crippen molar-refractivity contribution >= 4 is 23.6 Å². The van der Waals surface area contributed by atoms with E-state index in [1.165, 1.54) is 41.5 Å². The van der Waals surface area contributed by atoms with Crippen molar-refractivity contribution in [2.45, 2.75) is 0 Å². The first kappa shape index (κ1) is 17.8. The second kappa shape index (κ2) is 7.35. The van der Waals surface area contributed by atoms with Crippen molar-refractivity contribution in [3.63, 3.8) is 0 Å². The van der Waals surface area contributed by atoms with Crippen LogP contribution in [0.4, 0.5) is 5.69 Å². The van der Waals surface area contributed by atoms with Gasteiger partial charge in [0.05, 0.1) is 31.0 Å². The quantitative estimate of drug-likeness (QED) is 0.791. The molecule has 130 valence electrons. The Labute approximate surface area is 142 Å². The van der Waals surface area contributed by atoms with Gasteiger partial charge in [0.1, 0.15) is 11.4 Å². The maximum Gasteiger partial charge on any atom is 0.355 e.